The monoisotopic (exact) mass is 367 g/mol. The number of hydrogen-bond acceptors (Lipinski definition) is 5. The second-order valence-corrected chi connectivity index (χ2v) is 6.68. The Bertz CT molecular complexity index is 498. The van der Waals surface area contributed by atoms with Crippen LogP contribution in [0.3, 0.4) is 0 Å². The van der Waals surface area contributed by atoms with Gasteiger partial charge >= 0.3 is 0 Å². The van der Waals surface area contributed by atoms with E-state index in [-0.39, 0.29) is 12.4 Å². The fourth-order valence-corrected chi connectivity index (χ4v) is 3.23. The number of rotatable bonds is 5. The number of nitrogens with zero attached hydrogens (tertiary/aromatic N) is 2. The summed E-state index contributed by atoms with van der Waals surface area (Å²) in [6.45, 7) is 7.28. The zero-order valence-electron chi connectivity index (χ0n) is 12.9. The van der Waals surface area contributed by atoms with Crippen LogP contribution in [-0.4, -0.2) is 17.0 Å². The van der Waals surface area contributed by atoms with E-state index in [4.69, 9.17) is 11.6 Å². The third-order valence-corrected chi connectivity index (χ3v) is 4.97. The Morgan fingerprint density at radius 1 is 1.19 bits per heavy atom. The second kappa shape index (κ2) is 11.4. The smallest absolute Gasteiger partial charge is 0.0954 e. The summed E-state index contributed by atoms with van der Waals surface area (Å²) in [5.74, 6) is 1.06. The lowest BCUT2D eigenvalue weighted by atomic mass is 10.2. The lowest BCUT2D eigenvalue weighted by molar-refractivity contribution is 0.792. The summed E-state index contributed by atoms with van der Waals surface area (Å²) in [7, 11) is 1.94. The summed E-state index contributed by atoms with van der Waals surface area (Å²) >= 11 is 9.01. The molecule has 0 saturated carbocycles. The summed E-state index contributed by atoms with van der Waals surface area (Å²) in [6, 6.07) is 0. The molecule has 0 radical (unpaired) electrons. The number of nitrogens with one attached hydrogen (secondary N) is 1. The van der Waals surface area contributed by atoms with E-state index in [0.717, 1.165) is 24.4 Å². The molecule has 7 heteroatoms. The molecule has 3 nitrogen and oxygen atoms in total. The van der Waals surface area contributed by atoms with Crippen LogP contribution in [0.5, 0.6) is 0 Å². The minimum Gasteiger partial charge on any atom is -0.314 e. The van der Waals surface area contributed by atoms with Crippen molar-refractivity contribution < 1.29 is 0 Å². The Hall–Kier alpha value is -0.200. The molecule has 0 spiro atoms. The van der Waals surface area contributed by atoms with E-state index in [1.807, 2.05) is 12.4 Å². The zero-order chi connectivity index (χ0) is 15.0. The average molecular weight is 368 g/mol. The number of halogens is 2. The van der Waals surface area contributed by atoms with Gasteiger partial charge in [0.2, 0.25) is 0 Å². The lowest BCUT2D eigenvalue weighted by Crippen LogP contribution is -2.05. The quantitative estimate of drug-likeness (QED) is 0.767. The molecule has 2 heterocycles. The van der Waals surface area contributed by atoms with Crippen LogP contribution in [-0.2, 0) is 18.8 Å². The van der Waals surface area contributed by atoms with Crippen molar-refractivity contribution in [3.05, 3.63) is 32.2 Å². The molecule has 0 amide bonds. The van der Waals surface area contributed by atoms with E-state index in [0.29, 0.717) is 11.8 Å². The first-order valence-corrected chi connectivity index (χ1v) is 8.98. The molecule has 2 aromatic heterocycles. The first-order valence-electron chi connectivity index (χ1n) is 6.68. The Labute approximate surface area is 146 Å². The molecular weight excluding hydrogens is 345 g/mol. The van der Waals surface area contributed by atoms with Crippen LogP contribution >= 0.6 is 46.7 Å². The van der Waals surface area contributed by atoms with E-state index in [1.165, 1.54) is 10.0 Å². The lowest BCUT2D eigenvalue weighted by Gasteiger charge is -1.95. The van der Waals surface area contributed by atoms with E-state index >= 15 is 0 Å². The minimum atomic E-state index is 0. The van der Waals surface area contributed by atoms with Gasteiger partial charge in [-0.1, -0.05) is 20.8 Å². The van der Waals surface area contributed by atoms with E-state index in [9.17, 15) is 0 Å². The minimum absolute atomic E-state index is 0. The van der Waals surface area contributed by atoms with Gasteiger partial charge in [0, 0.05) is 23.2 Å². The fraction of sp³-hybridized carbons (Fsp3) is 0.571. The van der Waals surface area contributed by atoms with Gasteiger partial charge in [0.25, 0.3) is 0 Å². The number of thiazole rings is 2. The Morgan fingerprint density at radius 2 is 1.86 bits per heavy atom. The predicted molar refractivity (Wildman–Crippen MR) is 97.3 cm³/mol. The highest BCUT2D eigenvalue weighted by molar-refractivity contribution is 7.10. The summed E-state index contributed by atoms with van der Waals surface area (Å²) < 4.78 is 0. The topological polar surface area (TPSA) is 37.8 Å². The van der Waals surface area contributed by atoms with Crippen molar-refractivity contribution in [2.75, 3.05) is 7.05 Å². The maximum atomic E-state index is 5.59. The van der Waals surface area contributed by atoms with Crippen LogP contribution < -0.4 is 5.32 Å². The fourth-order valence-electron chi connectivity index (χ4n) is 1.42. The summed E-state index contributed by atoms with van der Waals surface area (Å²) in [5.41, 5.74) is 2.15. The summed E-state index contributed by atoms with van der Waals surface area (Å²) in [4.78, 5) is 8.69. The second-order valence-electron chi connectivity index (χ2n) is 4.58. The number of alkyl halides is 1. The van der Waals surface area contributed by atoms with Crippen molar-refractivity contribution in [3.63, 3.8) is 0 Å². The molecule has 2 aromatic rings. The van der Waals surface area contributed by atoms with Crippen molar-refractivity contribution in [1.29, 1.82) is 0 Å². The maximum absolute atomic E-state index is 5.59. The summed E-state index contributed by atoms with van der Waals surface area (Å²) in [6.07, 6.45) is 1.05. The van der Waals surface area contributed by atoms with E-state index in [2.05, 4.69) is 41.4 Å². The first-order chi connectivity index (χ1) is 9.60. The molecule has 0 aliphatic heterocycles. The van der Waals surface area contributed by atoms with E-state index in [1.54, 1.807) is 22.7 Å². The molecule has 0 fully saturated rings. The van der Waals surface area contributed by atoms with Crippen LogP contribution in [0.15, 0.2) is 10.8 Å². The average Bonchev–Trinajstić information content (AvgIpc) is 3.08. The van der Waals surface area contributed by atoms with Gasteiger partial charge in [-0.15, -0.1) is 46.7 Å². The highest BCUT2D eigenvalue weighted by atomic mass is 35.5. The van der Waals surface area contributed by atoms with Crippen molar-refractivity contribution >= 4 is 46.7 Å². The SMILES string of the molecule is CC(C)c1nc(CCl)cs1.CCc1nc(CNC)cs1.Cl. The van der Waals surface area contributed by atoms with Gasteiger partial charge in [-0.05, 0) is 13.5 Å². The number of hydrogen-bond donors (Lipinski definition) is 1. The largest absolute Gasteiger partial charge is 0.314 e. The molecule has 0 aromatic carbocycles. The van der Waals surface area contributed by atoms with Crippen molar-refractivity contribution in [2.45, 2.75) is 45.5 Å². The van der Waals surface area contributed by atoms with Crippen LogP contribution in [0.25, 0.3) is 0 Å². The third kappa shape index (κ3) is 7.56. The zero-order valence-corrected chi connectivity index (χ0v) is 16.1. The van der Waals surface area contributed by atoms with Crippen LogP contribution in [0, 0.1) is 0 Å². The van der Waals surface area contributed by atoms with Crippen molar-refractivity contribution in [2.24, 2.45) is 0 Å². The third-order valence-electron chi connectivity index (χ3n) is 2.46. The predicted octanol–water partition coefficient (Wildman–Crippen LogP) is 4.85. The standard InChI is InChI=1S/C7H10ClNS.C7H12N2S.ClH/c1-5(2)7-9-6(3-8)4-10-7;1-3-7-9-6(4-8-2)5-10-7;/h4-5H,3H2,1-2H3;5,8H,3-4H2,1-2H3;1H. The van der Waals surface area contributed by atoms with Crippen LogP contribution in [0.4, 0.5) is 0 Å². The van der Waals surface area contributed by atoms with Gasteiger partial charge in [-0.25, -0.2) is 9.97 Å². The van der Waals surface area contributed by atoms with Crippen LogP contribution in [0.1, 0.15) is 48.1 Å². The highest BCUT2D eigenvalue weighted by Crippen LogP contribution is 2.19. The molecule has 0 aliphatic rings. The maximum Gasteiger partial charge on any atom is 0.0954 e. The van der Waals surface area contributed by atoms with Gasteiger partial charge < -0.3 is 5.32 Å². The van der Waals surface area contributed by atoms with Crippen LogP contribution in [0.2, 0.25) is 0 Å². The molecule has 1 N–H and O–H groups in total. The van der Waals surface area contributed by atoms with Gasteiger partial charge in [0.05, 0.1) is 27.3 Å². The van der Waals surface area contributed by atoms with Gasteiger partial charge in [-0.2, -0.15) is 0 Å². The molecule has 120 valence electrons. The molecule has 2 rings (SSSR count). The molecule has 0 bridgehead atoms. The molecule has 0 unspecified atom stereocenters. The normalized spacial score (nSPS) is 10.0. The highest BCUT2D eigenvalue weighted by Gasteiger charge is 2.03. The van der Waals surface area contributed by atoms with Crippen molar-refractivity contribution in [3.8, 4) is 0 Å². The van der Waals surface area contributed by atoms with Crippen molar-refractivity contribution in [1.82, 2.24) is 15.3 Å². The first kappa shape index (κ1) is 20.8. The molecular formula is C14H23Cl2N3S2. The molecule has 0 saturated heterocycles. The number of aromatic nitrogens is 2. The van der Waals surface area contributed by atoms with E-state index < -0.39 is 0 Å². The Kier molecular flexibility index (Phi) is 11.3. The Balaban J connectivity index is 0.000000364. The van der Waals surface area contributed by atoms with Gasteiger partial charge in [0.15, 0.2) is 0 Å². The molecule has 0 atom stereocenters. The molecule has 21 heavy (non-hydrogen) atoms. The Morgan fingerprint density at radius 3 is 2.24 bits per heavy atom. The summed E-state index contributed by atoms with van der Waals surface area (Å²) in [5, 5.41) is 9.59. The van der Waals surface area contributed by atoms with Gasteiger partial charge in [0.1, 0.15) is 0 Å². The molecule has 0 aliphatic carbocycles. The van der Waals surface area contributed by atoms with Gasteiger partial charge in [-0.3, -0.25) is 0 Å². The number of aryl methyl sites for hydroxylation is 1.